The van der Waals surface area contributed by atoms with E-state index in [1.165, 1.54) is 96.3 Å². The molecule has 0 saturated carbocycles. The molecule has 0 unspecified atom stereocenters. The fraction of sp³-hybridized carbons (Fsp3) is 1.00. The smallest absolute Gasteiger partial charge is 0.104 e. The molecule has 0 bridgehead atoms. The maximum atomic E-state index is 6.11. The molecule has 0 spiro atoms. The first-order valence-corrected chi connectivity index (χ1v) is 12.0. The van der Waals surface area contributed by atoms with Crippen LogP contribution >= 0.6 is 0 Å². The summed E-state index contributed by atoms with van der Waals surface area (Å²) in [6.45, 7) is 9.79. The first kappa shape index (κ1) is 25.9. The highest BCUT2D eigenvalue weighted by Crippen LogP contribution is 2.32. The molecule has 0 N–H and O–H groups in total. The van der Waals surface area contributed by atoms with Gasteiger partial charge in [0.25, 0.3) is 0 Å². The number of hydrogen-bond donors (Lipinski definition) is 0. The van der Waals surface area contributed by atoms with Gasteiger partial charge in [0.1, 0.15) is 5.60 Å². The van der Waals surface area contributed by atoms with Gasteiger partial charge in [-0.25, -0.2) is 9.78 Å². The second-order valence-electron chi connectivity index (χ2n) is 8.23. The maximum absolute atomic E-state index is 6.11. The van der Waals surface area contributed by atoms with Crippen LogP contribution in [0.15, 0.2) is 0 Å². The molecule has 0 aliphatic rings. The molecule has 2 nitrogen and oxygen atoms in total. The summed E-state index contributed by atoms with van der Waals surface area (Å²) in [6, 6.07) is 0. The molecular formula is C24H50O2. The Hall–Kier alpha value is -0.0800. The summed E-state index contributed by atoms with van der Waals surface area (Å²) in [6.07, 6.45) is 23.2. The van der Waals surface area contributed by atoms with Gasteiger partial charge in [0.2, 0.25) is 0 Å². The second kappa shape index (κ2) is 19.7. The Morgan fingerprint density at radius 2 is 0.885 bits per heavy atom. The van der Waals surface area contributed by atoms with E-state index in [-0.39, 0.29) is 5.60 Å². The Morgan fingerprint density at radius 1 is 0.462 bits per heavy atom. The average Bonchev–Trinajstić information content (AvgIpc) is 2.66. The molecule has 0 aliphatic carbocycles. The van der Waals surface area contributed by atoms with Crippen LogP contribution in [0.4, 0.5) is 0 Å². The zero-order valence-electron chi connectivity index (χ0n) is 18.8. The van der Waals surface area contributed by atoms with Crippen LogP contribution in [0.5, 0.6) is 0 Å². The van der Waals surface area contributed by atoms with Crippen molar-refractivity contribution in [3.8, 4) is 0 Å². The summed E-state index contributed by atoms with van der Waals surface area (Å²) in [5, 5.41) is 0. The molecule has 158 valence electrons. The molecule has 0 aromatic rings. The molecule has 0 atom stereocenters. The normalized spacial score (nSPS) is 12.0. The highest BCUT2D eigenvalue weighted by molar-refractivity contribution is 4.80. The van der Waals surface area contributed by atoms with E-state index in [0.717, 1.165) is 25.9 Å². The Bertz CT molecular complexity index is 257. The standard InChI is InChI=1S/C24H50O2/c1-5-9-13-14-15-16-17-18-19-22-24(20-10-6-2,21-11-7-3)26-25-23-12-8-4/h5-23H2,1-4H3. The average molecular weight is 371 g/mol. The van der Waals surface area contributed by atoms with Gasteiger partial charge in [0.05, 0.1) is 6.61 Å². The molecule has 0 aromatic carbocycles. The van der Waals surface area contributed by atoms with E-state index in [1.807, 2.05) is 0 Å². The van der Waals surface area contributed by atoms with Crippen molar-refractivity contribution in [2.75, 3.05) is 6.61 Å². The van der Waals surface area contributed by atoms with Crippen molar-refractivity contribution >= 4 is 0 Å². The van der Waals surface area contributed by atoms with E-state index in [4.69, 9.17) is 9.78 Å². The summed E-state index contributed by atoms with van der Waals surface area (Å²) in [5.74, 6) is 0. The third-order valence-electron chi connectivity index (χ3n) is 5.52. The largest absolute Gasteiger partial charge is 0.236 e. The Morgan fingerprint density at radius 3 is 1.38 bits per heavy atom. The molecule has 0 aromatic heterocycles. The van der Waals surface area contributed by atoms with Crippen LogP contribution < -0.4 is 0 Å². The van der Waals surface area contributed by atoms with E-state index in [1.54, 1.807) is 0 Å². The lowest BCUT2D eigenvalue weighted by molar-refractivity contribution is -0.367. The maximum Gasteiger partial charge on any atom is 0.104 e. The highest BCUT2D eigenvalue weighted by atomic mass is 17.2. The third kappa shape index (κ3) is 15.0. The summed E-state index contributed by atoms with van der Waals surface area (Å²) < 4.78 is 0. The van der Waals surface area contributed by atoms with E-state index in [0.29, 0.717) is 0 Å². The molecule has 2 heteroatoms. The summed E-state index contributed by atoms with van der Waals surface area (Å²) in [4.78, 5) is 11.8. The molecule has 0 saturated heterocycles. The molecule has 0 fully saturated rings. The summed E-state index contributed by atoms with van der Waals surface area (Å²) in [7, 11) is 0. The van der Waals surface area contributed by atoms with Gasteiger partial charge in [-0.3, -0.25) is 0 Å². The fourth-order valence-corrected chi connectivity index (χ4v) is 3.63. The van der Waals surface area contributed by atoms with Crippen molar-refractivity contribution in [3.63, 3.8) is 0 Å². The van der Waals surface area contributed by atoms with Crippen LogP contribution in [-0.4, -0.2) is 12.2 Å². The number of hydrogen-bond acceptors (Lipinski definition) is 2. The van der Waals surface area contributed by atoms with Gasteiger partial charge in [-0.2, -0.15) is 0 Å². The van der Waals surface area contributed by atoms with Crippen LogP contribution in [0.2, 0.25) is 0 Å². The topological polar surface area (TPSA) is 18.5 Å². The monoisotopic (exact) mass is 370 g/mol. The number of rotatable bonds is 21. The first-order valence-electron chi connectivity index (χ1n) is 12.0. The van der Waals surface area contributed by atoms with Gasteiger partial charge < -0.3 is 0 Å². The lowest BCUT2D eigenvalue weighted by atomic mass is 9.85. The van der Waals surface area contributed by atoms with Crippen molar-refractivity contribution in [2.24, 2.45) is 0 Å². The van der Waals surface area contributed by atoms with Gasteiger partial charge in [-0.1, -0.05) is 118 Å². The van der Waals surface area contributed by atoms with Crippen LogP contribution in [-0.2, 0) is 9.78 Å². The van der Waals surface area contributed by atoms with E-state index < -0.39 is 0 Å². The Kier molecular flexibility index (Phi) is 19.6. The second-order valence-corrected chi connectivity index (χ2v) is 8.23. The molecular weight excluding hydrogens is 320 g/mol. The van der Waals surface area contributed by atoms with Crippen LogP contribution in [0.1, 0.15) is 143 Å². The van der Waals surface area contributed by atoms with Gasteiger partial charge in [-0.05, 0) is 25.7 Å². The molecule has 0 amide bonds. The van der Waals surface area contributed by atoms with Gasteiger partial charge in [0.15, 0.2) is 0 Å². The van der Waals surface area contributed by atoms with Crippen LogP contribution in [0.3, 0.4) is 0 Å². The van der Waals surface area contributed by atoms with Crippen LogP contribution in [0.25, 0.3) is 0 Å². The van der Waals surface area contributed by atoms with Crippen molar-refractivity contribution in [1.82, 2.24) is 0 Å². The predicted molar refractivity (Wildman–Crippen MR) is 116 cm³/mol. The lowest BCUT2D eigenvalue weighted by Crippen LogP contribution is -2.33. The molecule has 26 heavy (non-hydrogen) atoms. The third-order valence-corrected chi connectivity index (χ3v) is 5.52. The highest BCUT2D eigenvalue weighted by Gasteiger charge is 2.31. The van der Waals surface area contributed by atoms with Crippen LogP contribution in [0, 0.1) is 0 Å². The Labute approximate surface area is 165 Å². The SMILES string of the molecule is CCCCCCCCCCCC(CCCC)(CCCC)OOCCCC. The van der Waals surface area contributed by atoms with E-state index in [2.05, 4.69) is 27.7 Å². The first-order chi connectivity index (χ1) is 12.7. The zero-order chi connectivity index (χ0) is 19.3. The van der Waals surface area contributed by atoms with E-state index >= 15 is 0 Å². The minimum atomic E-state index is -0.0269. The fourth-order valence-electron chi connectivity index (χ4n) is 3.63. The Balaban J connectivity index is 4.20. The van der Waals surface area contributed by atoms with Crippen molar-refractivity contribution in [2.45, 2.75) is 149 Å². The van der Waals surface area contributed by atoms with Gasteiger partial charge in [-0.15, -0.1) is 0 Å². The van der Waals surface area contributed by atoms with Crippen molar-refractivity contribution in [1.29, 1.82) is 0 Å². The molecule has 0 rings (SSSR count). The van der Waals surface area contributed by atoms with Crippen molar-refractivity contribution < 1.29 is 9.78 Å². The summed E-state index contributed by atoms with van der Waals surface area (Å²) in [5.41, 5.74) is -0.0269. The molecule has 0 heterocycles. The zero-order valence-corrected chi connectivity index (χ0v) is 18.8. The minimum absolute atomic E-state index is 0.0269. The quantitative estimate of drug-likeness (QED) is 0.114. The molecule has 0 radical (unpaired) electrons. The number of unbranched alkanes of at least 4 members (excludes halogenated alkanes) is 11. The van der Waals surface area contributed by atoms with Gasteiger partial charge >= 0.3 is 0 Å². The van der Waals surface area contributed by atoms with Gasteiger partial charge in [0, 0.05) is 0 Å². The van der Waals surface area contributed by atoms with Crippen molar-refractivity contribution in [3.05, 3.63) is 0 Å². The lowest BCUT2D eigenvalue weighted by Gasteiger charge is -2.33. The summed E-state index contributed by atoms with van der Waals surface area (Å²) >= 11 is 0. The van der Waals surface area contributed by atoms with E-state index in [9.17, 15) is 0 Å². The molecule has 0 aliphatic heterocycles. The minimum Gasteiger partial charge on any atom is -0.236 e. The predicted octanol–water partition coefficient (Wildman–Crippen LogP) is 8.77.